The largest absolute Gasteiger partial charge is 0.465 e. The van der Waals surface area contributed by atoms with Crippen LogP contribution >= 0.6 is 0 Å². The van der Waals surface area contributed by atoms with Crippen LogP contribution in [0.5, 0.6) is 0 Å². The molecular formula is C17H20N3O3+. The molecule has 1 aliphatic heterocycles. The van der Waals surface area contributed by atoms with Crippen molar-refractivity contribution < 1.29 is 19.2 Å². The SMILES string of the molecule is COC(=O)c1c(C[NH+]2CCNC(=O)C2)nc2ccccc2c1C. The quantitative estimate of drug-likeness (QED) is 0.773. The van der Waals surface area contributed by atoms with Crippen molar-refractivity contribution in [2.75, 3.05) is 26.7 Å². The number of ether oxygens (including phenoxy) is 1. The number of carbonyl (C=O) groups is 2. The Hall–Kier alpha value is -2.47. The molecule has 1 atom stereocenters. The van der Waals surface area contributed by atoms with E-state index in [0.29, 0.717) is 30.9 Å². The number of carbonyl (C=O) groups excluding carboxylic acids is 2. The van der Waals surface area contributed by atoms with Gasteiger partial charge < -0.3 is 15.0 Å². The Morgan fingerprint density at radius 1 is 1.39 bits per heavy atom. The molecule has 1 aliphatic rings. The first-order valence-electron chi connectivity index (χ1n) is 7.67. The van der Waals surface area contributed by atoms with Gasteiger partial charge in [0.25, 0.3) is 5.91 Å². The molecule has 1 aromatic heterocycles. The van der Waals surface area contributed by atoms with Gasteiger partial charge in [0.2, 0.25) is 0 Å². The second kappa shape index (κ2) is 6.34. The van der Waals surface area contributed by atoms with E-state index in [1.165, 1.54) is 7.11 Å². The number of benzene rings is 1. The van der Waals surface area contributed by atoms with Crippen molar-refractivity contribution >= 4 is 22.8 Å². The molecule has 1 amide bonds. The van der Waals surface area contributed by atoms with Crippen LogP contribution in [0.1, 0.15) is 21.6 Å². The normalized spacial score (nSPS) is 17.8. The van der Waals surface area contributed by atoms with Crippen molar-refractivity contribution in [2.45, 2.75) is 13.5 Å². The molecule has 23 heavy (non-hydrogen) atoms. The summed E-state index contributed by atoms with van der Waals surface area (Å²) in [5.74, 6) is -0.347. The summed E-state index contributed by atoms with van der Waals surface area (Å²) in [5, 5.41) is 3.76. The molecule has 0 radical (unpaired) electrons. The monoisotopic (exact) mass is 314 g/mol. The van der Waals surface area contributed by atoms with E-state index in [9.17, 15) is 9.59 Å². The van der Waals surface area contributed by atoms with E-state index in [0.717, 1.165) is 27.9 Å². The summed E-state index contributed by atoms with van der Waals surface area (Å²) < 4.78 is 4.95. The summed E-state index contributed by atoms with van der Waals surface area (Å²) in [6.07, 6.45) is 0. The van der Waals surface area contributed by atoms with Crippen molar-refractivity contribution in [1.29, 1.82) is 0 Å². The number of hydrogen-bond acceptors (Lipinski definition) is 4. The van der Waals surface area contributed by atoms with Gasteiger partial charge in [0.15, 0.2) is 6.54 Å². The standard InChI is InChI=1S/C17H19N3O3/c1-11-12-5-3-4-6-13(12)19-14(16(11)17(22)23-2)9-20-8-7-18-15(21)10-20/h3-6H,7-10H2,1-2H3,(H,18,21)/p+1. The maximum absolute atomic E-state index is 12.3. The maximum atomic E-state index is 12.3. The van der Waals surface area contributed by atoms with Crippen LogP contribution in [-0.2, 0) is 16.1 Å². The summed E-state index contributed by atoms with van der Waals surface area (Å²) in [4.78, 5) is 29.6. The molecule has 3 rings (SSSR count). The smallest absolute Gasteiger partial charge is 0.340 e. The third-order valence-corrected chi connectivity index (χ3v) is 4.25. The number of para-hydroxylation sites is 1. The van der Waals surface area contributed by atoms with E-state index in [-0.39, 0.29) is 11.9 Å². The lowest BCUT2D eigenvalue weighted by Crippen LogP contribution is -3.14. The molecule has 0 spiro atoms. The van der Waals surface area contributed by atoms with Crippen LogP contribution in [0.15, 0.2) is 24.3 Å². The van der Waals surface area contributed by atoms with Gasteiger partial charge in [-0.2, -0.15) is 0 Å². The Morgan fingerprint density at radius 3 is 2.91 bits per heavy atom. The zero-order valence-corrected chi connectivity index (χ0v) is 13.3. The van der Waals surface area contributed by atoms with E-state index in [2.05, 4.69) is 10.3 Å². The second-order valence-electron chi connectivity index (χ2n) is 5.77. The zero-order chi connectivity index (χ0) is 16.4. The van der Waals surface area contributed by atoms with Gasteiger partial charge in [0.1, 0.15) is 12.2 Å². The van der Waals surface area contributed by atoms with Crippen LogP contribution in [-0.4, -0.2) is 43.6 Å². The molecule has 1 fully saturated rings. The van der Waals surface area contributed by atoms with Gasteiger partial charge >= 0.3 is 5.97 Å². The van der Waals surface area contributed by atoms with Crippen molar-refractivity contribution in [3.05, 3.63) is 41.1 Å². The van der Waals surface area contributed by atoms with Crippen LogP contribution in [0.25, 0.3) is 10.9 Å². The highest BCUT2D eigenvalue weighted by atomic mass is 16.5. The number of nitrogens with zero attached hydrogens (tertiary/aromatic N) is 1. The molecule has 6 heteroatoms. The average Bonchev–Trinajstić information content (AvgIpc) is 2.54. The molecule has 1 saturated heterocycles. The molecule has 0 saturated carbocycles. The van der Waals surface area contributed by atoms with Gasteiger partial charge in [-0.3, -0.25) is 4.79 Å². The highest BCUT2D eigenvalue weighted by molar-refractivity contribution is 5.98. The molecule has 0 aliphatic carbocycles. The van der Waals surface area contributed by atoms with Gasteiger partial charge in [-0.15, -0.1) is 0 Å². The number of piperazine rings is 1. The van der Waals surface area contributed by atoms with Gasteiger partial charge in [-0.25, -0.2) is 9.78 Å². The van der Waals surface area contributed by atoms with Crippen molar-refractivity contribution in [3.63, 3.8) is 0 Å². The Morgan fingerprint density at radius 2 is 2.17 bits per heavy atom. The number of aryl methyl sites for hydroxylation is 1. The fraction of sp³-hybridized carbons (Fsp3) is 0.353. The molecule has 1 unspecified atom stereocenters. The number of methoxy groups -OCH3 is 1. The lowest BCUT2D eigenvalue weighted by Gasteiger charge is -2.24. The molecule has 120 valence electrons. The van der Waals surface area contributed by atoms with E-state index in [1.54, 1.807) is 0 Å². The first-order chi connectivity index (χ1) is 11.1. The predicted octanol–water partition coefficient (Wildman–Crippen LogP) is -0.155. The minimum atomic E-state index is -0.378. The Kier molecular flexibility index (Phi) is 4.25. The molecule has 1 aromatic carbocycles. The van der Waals surface area contributed by atoms with Crippen LogP contribution in [0.4, 0.5) is 0 Å². The van der Waals surface area contributed by atoms with Gasteiger partial charge in [-0.1, -0.05) is 18.2 Å². The average molecular weight is 314 g/mol. The third-order valence-electron chi connectivity index (χ3n) is 4.25. The number of esters is 1. The fourth-order valence-electron chi connectivity index (χ4n) is 3.09. The molecule has 2 aromatic rings. The van der Waals surface area contributed by atoms with E-state index in [4.69, 9.17) is 4.74 Å². The number of pyridine rings is 1. The first kappa shape index (κ1) is 15.4. The lowest BCUT2D eigenvalue weighted by molar-refractivity contribution is -0.907. The number of quaternary nitrogens is 1. The minimum Gasteiger partial charge on any atom is -0.465 e. The fourth-order valence-corrected chi connectivity index (χ4v) is 3.09. The van der Waals surface area contributed by atoms with Gasteiger partial charge in [0.05, 0.1) is 31.3 Å². The maximum Gasteiger partial charge on any atom is 0.340 e. The number of hydrogen-bond donors (Lipinski definition) is 2. The zero-order valence-electron chi connectivity index (χ0n) is 13.3. The first-order valence-corrected chi connectivity index (χ1v) is 7.67. The summed E-state index contributed by atoms with van der Waals surface area (Å²) >= 11 is 0. The van der Waals surface area contributed by atoms with Crippen molar-refractivity contribution in [3.8, 4) is 0 Å². The molecule has 0 bridgehead atoms. The van der Waals surface area contributed by atoms with E-state index >= 15 is 0 Å². The highest BCUT2D eigenvalue weighted by Crippen LogP contribution is 2.23. The minimum absolute atomic E-state index is 0.0309. The summed E-state index contributed by atoms with van der Waals surface area (Å²) in [6.45, 7) is 4.31. The van der Waals surface area contributed by atoms with Gasteiger partial charge in [-0.05, 0) is 18.6 Å². The Labute approximate surface area is 134 Å². The lowest BCUT2D eigenvalue weighted by atomic mass is 10.0. The Bertz CT molecular complexity index is 773. The van der Waals surface area contributed by atoms with Crippen LogP contribution in [0, 0.1) is 6.92 Å². The van der Waals surface area contributed by atoms with Crippen LogP contribution in [0.2, 0.25) is 0 Å². The van der Waals surface area contributed by atoms with Crippen molar-refractivity contribution in [2.24, 2.45) is 0 Å². The molecule has 6 nitrogen and oxygen atoms in total. The van der Waals surface area contributed by atoms with Crippen molar-refractivity contribution in [1.82, 2.24) is 10.3 Å². The topological polar surface area (TPSA) is 72.7 Å². The van der Waals surface area contributed by atoms with E-state index < -0.39 is 0 Å². The van der Waals surface area contributed by atoms with E-state index in [1.807, 2.05) is 31.2 Å². The number of nitrogens with one attached hydrogen (secondary N) is 2. The second-order valence-corrected chi connectivity index (χ2v) is 5.77. The summed E-state index contributed by atoms with van der Waals surface area (Å²) in [6, 6.07) is 7.75. The number of amides is 1. The van der Waals surface area contributed by atoms with Crippen LogP contribution in [0.3, 0.4) is 0 Å². The molecule has 2 heterocycles. The molecular weight excluding hydrogens is 294 g/mol. The number of aromatic nitrogens is 1. The highest BCUT2D eigenvalue weighted by Gasteiger charge is 2.25. The summed E-state index contributed by atoms with van der Waals surface area (Å²) in [5.41, 5.74) is 2.94. The predicted molar refractivity (Wildman–Crippen MR) is 85.2 cm³/mol. The number of rotatable bonds is 3. The number of fused-ring (bicyclic) bond motifs is 1. The summed E-state index contributed by atoms with van der Waals surface area (Å²) in [7, 11) is 1.38. The van der Waals surface area contributed by atoms with Gasteiger partial charge in [0, 0.05) is 5.39 Å². The van der Waals surface area contributed by atoms with Crippen LogP contribution < -0.4 is 10.2 Å². The third kappa shape index (κ3) is 3.03. The molecule has 2 N–H and O–H groups in total. The Balaban J connectivity index is 2.06.